The second-order valence-corrected chi connectivity index (χ2v) is 16.7. The molecule has 4 aromatic heterocycles. The lowest BCUT2D eigenvalue weighted by atomic mass is 9.77. The number of fused-ring (bicyclic) bond motifs is 6. The van der Waals surface area contributed by atoms with Crippen LogP contribution in [-0.2, 0) is 24.6 Å². The fourth-order valence-corrected chi connectivity index (χ4v) is 10.3. The lowest BCUT2D eigenvalue weighted by Crippen LogP contribution is -2.42. The fraction of sp³-hybridized carbons (Fsp3) is 0.395. The zero-order chi connectivity index (χ0) is 38.2. The van der Waals surface area contributed by atoms with Crippen molar-refractivity contribution in [2.75, 3.05) is 6.61 Å². The van der Waals surface area contributed by atoms with E-state index in [1.54, 1.807) is 66.9 Å². The van der Waals surface area contributed by atoms with Gasteiger partial charge in [-0.25, -0.2) is 18.3 Å². The smallest absolute Gasteiger partial charge is 0.338 e. The molecule has 11 rings (SSSR count). The molecule has 11 nitrogen and oxygen atoms in total. The molecule has 56 heavy (non-hydrogen) atoms. The minimum Gasteiger partial charge on any atom is -0.375 e. The highest BCUT2D eigenvalue weighted by Crippen LogP contribution is 2.51. The second-order valence-electron chi connectivity index (χ2n) is 16.7. The summed E-state index contributed by atoms with van der Waals surface area (Å²) in [4.78, 5) is 34.6. The highest BCUT2D eigenvalue weighted by Gasteiger charge is 2.50. The van der Waals surface area contributed by atoms with Crippen LogP contribution in [0.15, 0.2) is 59.8 Å². The zero-order valence-electron chi connectivity index (χ0n) is 31.6. The van der Waals surface area contributed by atoms with Gasteiger partial charge in [0, 0.05) is 49.8 Å². The quantitative estimate of drug-likeness (QED) is 0.205. The standard InChI is InChI=1S/C43H42F2N8O3/c1-23-16-29(17-24(2)38(23)44)53-40(51-14-13-50(42(51)55)36-9-8-34-30(39(36)45)22-46-49(34)3)37-32(48-53)20-28-5-7-35(37)52(28)41(54)33-19-27-18-25(4-6-31(27)47-33)26-10-15-56-43(21-26)11-12-43/h4,6,8-9,13-14,16-17,19,22,25-26,28,35,47H,5,7,10-12,15,18,20-21H2,1-3H3/t25?,26-,28+,35-/m1/s1. The van der Waals surface area contributed by atoms with Gasteiger partial charge in [-0.3, -0.25) is 18.6 Å². The molecule has 1 spiro atoms. The Bertz CT molecular complexity index is 2700. The lowest BCUT2D eigenvalue weighted by molar-refractivity contribution is -0.0364. The van der Waals surface area contributed by atoms with Crippen LogP contribution in [0.3, 0.4) is 0 Å². The molecule has 3 fully saturated rings. The van der Waals surface area contributed by atoms with E-state index >= 15 is 4.39 Å². The number of benzene rings is 2. The number of hydrogen-bond acceptors (Lipinski definition) is 5. The third-order valence-electron chi connectivity index (χ3n) is 13.3. The van der Waals surface area contributed by atoms with Crippen molar-refractivity contribution in [2.45, 2.75) is 82.9 Å². The van der Waals surface area contributed by atoms with E-state index < -0.39 is 11.5 Å². The summed E-state index contributed by atoms with van der Waals surface area (Å²) in [5, 5.41) is 9.60. The molecule has 1 N–H and O–H groups in total. The summed E-state index contributed by atoms with van der Waals surface area (Å²) in [6.45, 7) is 4.24. The van der Waals surface area contributed by atoms with Gasteiger partial charge in [-0.05, 0) is 124 Å². The number of nitrogens with zero attached hydrogens (tertiary/aromatic N) is 7. The Kier molecular flexibility index (Phi) is 7.22. The summed E-state index contributed by atoms with van der Waals surface area (Å²) in [6, 6.07) is 8.37. The SMILES string of the molecule is Cc1cc(-n2nc3c(c2-n2ccn(-c4ccc5c(cnn5C)c4F)c2=O)[C@H]2CC[C@@H](C3)N2C(=O)c2cc3c([nH]2)C=CC([C@@H]2CCOC4(CC4)C2)C3)cc(C)c1F. The summed E-state index contributed by atoms with van der Waals surface area (Å²) in [5.74, 6) is 0.533. The van der Waals surface area contributed by atoms with Crippen molar-refractivity contribution in [2.24, 2.45) is 18.9 Å². The van der Waals surface area contributed by atoms with E-state index in [0.717, 1.165) is 49.2 Å². The number of rotatable bonds is 5. The number of hydrogen-bond donors (Lipinski definition) is 1. The second kappa shape index (κ2) is 12.0. The first kappa shape index (κ1) is 33.8. The van der Waals surface area contributed by atoms with Gasteiger partial charge in [-0.2, -0.15) is 10.2 Å². The minimum absolute atomic E-state index is 0.0740. The number of allylic oxidation sites excluding steroid dienone is 1. The number of carbonyl (C=O) groups excluding carboxylic acids is 1. The van der Waals surface area contributed by atoms with Crippen molar-refractivity contribution in [3.05, 3.63) is 116 Å². The van der Waals surface area contributed by atoms with Crippen LogP contribution >= 0.6 is 0 Å². The van der Waals surface area contributed by atoms with Crippen molar-refractivity contribution < 1.29 is 18.3 Å². The van der Waals surface area contributed by atoms with Crippen molar-refractivity contribution >= 4 is 22.9 Å². The van der Waals surface area contributed by atoms with Gasteiger partial charge in [0.2, 0.25) is 0 Å². The Morgan fingerprint density at radius 1 is 1.00 bits per heavy atom. The van der Waals surface area contributed by atoms with Gasteiger partial charge in [0.05, 0.1) is 45.8 Å². The molecule has 2 saturated heterocycles. The maximum Gasteiger partial charge on any atom is 0.338 e. The molecule has 2 bridgehead atoms. The predicted molar refractivity (Wildman–Crippen MR) is 205 cm³/mol. The van der Waals surface area contributed by atoms with Crippen LogP contribution in [0.4, 0.5) is 8.78 Å². The van der Waals surface area contributed by atoms with Gasteiger partial charge in [0.25, 0.3) is 5.91 Å². The van der Waals surface area contributed by atoms with Gasteiger partial charge in [-0.15, -0.1) is 0 Å². The Morgan fingerprint density at radius 2 is 1.80 bits per heavy atom. The Morgan fingerprint density at radius 3 is 2.61 bits per heavy atom. The summed E-state index contributed by atoms with van der Waals surface area (Å²) in [6.07, 6.45) is 16.5. The summed E-state index contributed by atoms with van der Waals surface area (Å²) in [5.41, 5.74) is 6.10. The average molecular weight is 757 g/mol. The van der Waals surface area contributed by atoms with Crippen LogP contribution in [0.2, 0.25) is 0 Å². The molecule has 1 saturated carbocycles. The highest BCUT2D eigenvalue weighted by atomic mass is 19.1. The Labute approximate surface area is 321 Å². The summed E-state index contributed by atoms with van der Waals surface area (Å²) < 4.78 is 43.1. The third kappa shape index (κ3) is 4.95. The van der Waals surface area contributed by atoms with Gasteiger partial charge in [-0.1, -0.05) is 6.08 Å². The van der Waals surface area contributed by atoms with Crippen molar-refractivity contribution in [3.8, 4) is 17.2 Å². The average Bonchev–Trinajstić information content (AvgIpc) is 3.68. The first-order valence-corrected chi connectivity index (χ1v) is 19.7. The first-order valence-electron chi connectivity index (χ1n) is 19.7. The summed E-state index contributed by atoms with van der Waals surface area (Å²) >= 11 is 0. The number of aromatic nitrogens is 7. The fourth-order valence-electron chi connectivity index (χ4n) is 10.3. The van der Waals surface area contributed by atoms with Crippen molar-refractivity contribution in [1.82, 2.24) is 38.6 Å². The molecule has 13 heteroatoms. The first-order chi connectivity index (χ1) is 27.1. The maximum atomic E-state index is 16.0. The predicted octanol–water partition coefficient (Wildman–Crippen LogP) is 6.97. The minimum atomic E-state index is -0.555. The van der Waals surface area contributed by atoms with Crippen LogP contribution in [0.25, 0.3) is 34.2 Å². The molecule has 2 aromatic carbocycles. The van der Waals surface area contributed by atoms with E-state index in [1.807, 2.05) is 11.0 Å². The van der Waals surface area contributed by atoms with Crippen LogP contribution in [0.5, 0.6) is 0 Å². The molecular weight excluding hydrogens is 715 g/mol. The van der Waals surface area contributed by atoms with E-state index in [0.29, 0.717) is 63.9 Å². The summed E-state index contributed by atoms with van der Waals surface area (Å²) in [7, 11) is 1.74. The molecule has 2 aliphatic carbocycles. The van der Waals surface area contributed by atoms with E-state index in [2.05, 4.69) is 22.2 Å². The molecule has 3 aliphatic heterocycles. The number of ether oxygens (including phenoxy) is 1. The Balaban J connectivity index is 0.984. The number of aromatic amines is 1. The number of carbonyl (C=O) groups is 1. The lowest BCUT2D eigenvalue weighted by Gasteiger charge is -2.35. The molecule has 1 unspecified atom stereocenters. The van der Waals surface area contributed by atoms with Crippen LogP contribution < -0.4 is 5.69 Å². The molecule has 7 heterocycles. The Hall–Kier alpha value is -5.56. The molecule has 286 valence electrons. The number of H-pyrrole nitrogens is 1. The number of amides is 1. The zero-order valence-corrected chi connectivity index (χ0v) is 31.6. The van der Waals surface area contributed by atoms with Gasteiger partial charge < -0.3 is 14.6 Å². The van der Waals surface area contributed by atoms with E-state index in [9.17, 15) is 14.0 Å². The molecule has 6 aromatic rings. The maximum absolute atomic E-state index is 16.0. The van der Waals surface area contributed by atoms with Crippen LogP contribution in [-0.4, -0.2) is 62.7 Å². The number of nitrogens with one attached hydrogen (secondary N) is 1. The third-order valence-corrected chi connectivity index (χ3v) is 13.3. The van der Waals surface area contributed by atoms with Gasteiger partial charge >= 0.3 is 5.69 Å². The molecule has 5 aliphatic rings. The number of halogens is 2. The number of imidazole rings is 1. The van der Waals surface area contributed by atoms with Gasteiger partial charge in [0.1, 0.15) is 17.3 Å². The topological polar surface area (TPSA) is 108 Å². The van der Waals surface area contributed by atoms with E-state index in [-0.39, 0.29) is 35.1 Å². The molecule has 4 atom stereocenters. The largest absolute Gasteiger partial charge is 0.375 e. The van der Waals surface area contributed by atoms with Gasteiger partial charge in [0.15, 0.2) is 5.82 Å². The normalized spacial score (nSPS) is 23.3. The van der Waals surface area contributed by atoms with E-state index in [4.69, 9.17) is 9.84 Å². The van der Waals surface area contributed by atoms with Crippen molar-refractivity contribution in [1.29, 1.82) is 0 Å². The van der Waals surface area contributed by atoms with E-state index in [1.165, 1.54) is 33.7 Å². The molecular formula is C43H42F2N8O3. The number of aryl methyl sites for hydroxylation is 3. The van der Waals surface area contributed by atoms with Crippen molar-refractivity contribution in [3.63, 3.8) is 0 Å². The van der Waals surface area contributed by atoms with Crippen LogP contribution in [0, 0.1) is 37.3 Å². The monoisotopic (exact) mass is 756 g/mol. The molecule has 1 amide bonds. The highest BCUT2D eigenvalue weighted by molar-refractivity contribution is 5.94. The van der Waals surface area contributed by atoms with Crippen LogP contribution in [0.1, 0.15) is 88.7 Å². The molecule has 0 radical (unpaired) electrons.